The van der Waals surface area contributed by atoms with E-state index in [2.05, 4.69) is 0 Å². The van der Waals surface area contributed by atoms with Gasteiger partial charge in [0.2, 0.25) is 6.04 Å². The van der Waals surface area contributed by atoms with Crippen molar-refractivity contribution in [3.63, 3.8) is 0 Å². The van der Waals surface area contributed by atoms with Gasteiger partial charge >= 0.3 is 5.97 Å². The number of hydrogen-bond donors (Lipinski definition) is 0. The third-order valence-electron chi connectivity index (χ3n) is 2.84. The maximum absolute atomic E-state index is 12.2. The van der Waals surface area contributed by atoms with E-state index in [9.17, 15) is 19.6 Å². The van der Waals surface area contributed by atoms with Crippen LogP contribution in [-0.4, -0.2) is 34.3 Å². The van der Waals surface area contributed by atoms with E-state index in [-0.39, 0.29) is 11.1 Å². The monoisotopic (exact) mass is 286 g/mol. The van der Waals surface area contributed by atoms with Crippen LogP contribution in [0.1, 0.15) is 41.5 Å². The molecule has 6 nitrogen and oxygen atoms in total. The predicted molar refractivity (Wildman–Crippen MR) is 72.2 cm³/mol. The zero-order chi connectivity index (χ0) is 15.8. The molecular formula is C15H14N2O4. The lowest BCUT2D eigenvalue weighted by atomic mass is 10.1. The summed E-state index contributed by atoms with van der Waals surface area (Å²) in [6, 6.07) is 6.28. The van der Waals surface area contributed by atoms with E-state index in [1.165, 1.54) is 12.1 Å². The summed E-state index contributed by atoms with van der Waals surface area (Å²) < 4.78 is 5.09. The first-order valence-corrected chi connectivity index (χ1v) is 6.35. The van der Waals surface area contributed by atoms with Gasteiger partial charge in [-0.3, -0.25) is 9.59 Å². The summed E-state index contributed by atoms with van der Waals surface area (Å²) in [5, 5.41) is 9.17. The minimum atomic E-state index is -1.59. The van der Waals surface area contributed by atoms with Gasteiger partial charge in [-0.25, -0.2) is 9.69 Å². The lowest BCUT2D eigenvalue weighted by Gasteiger charge is -2.24. The van der Waals surface area contributed by atoms with Crippen LogP contribution in [0.4, 0.5) is 0 Å². The van der Waals surface area contributed by atoms with Crippen molar-refractivity contribution in [2.75, 3.05) is 0 Å². The van der Waals surface area contributed by atoms with Gasteiger partial charge in [0.25, 0.3) is 11.8 Å². The van der Waals surface area contributed by atoms with Crippen LogP contribution in [0, 0.1) is 11.3 Å². The van der Waals surface area contributed by atoms with Gasteiger partial charge in [0.05, 0.1) is 11.1 Å². The average molecular weight is 286 g/mol. The van der Waals surface area contributed by atoms with Crippen molar-refractivity contribution in [1.82, 2.24) is 4.90 Å². The van der Waals surface area contributed by atoms with E-state index < -0.39 is 29.4 Å². The number of nitriles is 1. The molecule has 6 heteroatoms. The highest BCUT2D eigenvalue weighted by Gasteiger charge is 2.44. The van der Waals surface area contributed by atoms with E-state index in [0.717, 1.165) is 0 Å². The van der Waals surface area contributed by atoms with Gasteiger partial charge in [0.15, 0.2) is 0 Å². The number of rotatable bonds is 2. The standard InChI is InChI=1S/C15H14N2O4/c1-15(2,3)21-14(20)11(8-16)17-12(18)9-6-4-5-7-10(9)13(17)19/h4-7,11H,1-3H3. The number of amides is 2. The summed E-state index contributed by atoms with van der Waals surface area (Å²) >= 11 is 0. The third kappa shape index (κ3) is 2.63. The maximum atomic E-state index is 12.2. The Morgan fingerprint density at radius 2 is 1.67 bits per heavy atom. The molecule has 1 atom stereocenters. The Kier molecular flexibility index (Phi) is 3.52. The topological polar surface area (TPSA) is 87.5 Å². The van der Waals surface area contributed by atoms with E-state index in [1.807, 2.05) is 0 Å². The molecule has 21 heavy (non-hydrogen) atoms. The molecule has 1 aliphatic heterocycles. The number of ether oxygens (including phenoxy) is 1. The lowest BCUT2D eigenvalue weighted by Crippen LogP contribution is -2.46. The van der Waals surface area contributed by atoms with Crippen LogP contribution >= 0.6 is 0 Å². The number of hydrogen-bond acceptors (Lipinski definition) is 5. The molecule has 0 bridgehead atoms. The van der Waals surface area contributed by atoms with Crippen molar-refractivity contribution in [3.8, 4) is 6.07 Å². The van der Waals surface area contributed by atoms with Crippen molar-refractivity contribution >= 4 is 17.8 Å². The molecule has 0 N–H and O–H groups in total. The fraction of sp³-hybridized carbons (Fsp3) is 0.333. The van der Waals surface area contributed by atoms with E-state index >= 15 is 0 Å². The van der Waals surface area contributed by atoms with Gasteiger partial charge in [-0.05, 0) is 32.9 Å². The number of carbonyl (C=O) groups excluding carboxylic acids is 3. The van der Waals surface area contributed by atoms with Crippen LogP contribution in [0.15, 0.2) is 24.3 Å². The second-order valence-corrected chi connectivity index (χ2v) is 5.59. The predicted octanol–water partition coefficient (Wildman–Crippen LogP) is 1.52. The van der Waals surface area contributed by atoms with Crippen LogP contribution in [0.25, 0.3) is 0 Å². The molecule has 0 fully saturated rings. The van der Waals surface area contributed by atoms with Crippen molar-refractivity contribution in [2.45, 2.75) is 32.4 Å². The minimum absolute atomic E-state index is 0.186. The number of carbonyl (C=O) groups is 3. The molecule has 1 heterocycles. The Labute approximate surface area is 121 Å². The van der Waals surface area contributed by atoms with Crippen LogP contribution < -0.4 is 0 Å². The first-order chi connectivity index (χ1) is 9.76. The molecule has 1 aromatic carbocycles. The van der Waals surface area contributed by atoms with Crippen LogP contribution in [0.3, 0.4) is 0 Å². The Morgan fingerprint density at radius 3 is 2.05 bits per heavy atom. The third-order valence-corrected chi connectivity index (χ3v) is 2.84. The number of nitrogens with zero attached hydrogens (tertiary/aromatic N) is 2. The van der Waals surface area contributed by atoms with Crippen molar-refractivity contribution in [2.24, 2.45) is 0 Å². The summed E-state index contributed by atoms with van der Waals surface area (Å²) in [5.74, 6) is -2.24. The van der Waals surface area contributed by atoms with Crippen LogP contribution in [-0.2, 0) is 9.53 Å². The van der Waals surface area contributed by atoms with Crippen molar-refractivity contribution in [1.29, 1.82) is 5.26 Å². The van der Waals surface area contributed by atoms with E-state index in [0.29, 0.717) is 4.90 Å². The molecule has 0 saturated carbocycles. The van der Waals surface area contributed by atoms with E-state index in [4.69, 9.17) is 4.74 Å². The lowest BCUT2D eigenvalue weighted by molar-refractivity contribution is -0.157. The van der Waals surface area contributed by atoms with Gasteiger partial charge in [-0.1, -0.05) is 12.1 Å². The molecule has 0 saturated heterocycles. The highest BCUT2D eigenvalue weighted by Crippen LogP contribution is 2.25. The largest absolute Gasteiger partial charge is 0.458 e. The molecule has 1 aromatic rings. The van der Waals surface area contributed by atoms with Crippen LogP contribution in [0.5, 0.6) is 0 Å². The summed E-state index contributed by atoms with van der Waals surface area (Å²) in [7, 11) is 0. The van der Waals surface area contributed by atoms with Crippen LogP contribution in [0.2, 0.25) is 0 Å². The molecule has 2 rings (SSSR count). The van der Waals surface area contributed by atoms with Gasteiger partial charge in [0, 0.05) is 0 Å². The Hall–Kier alpha value is -2.68. The Balaban J connectivity index is 2.34. The molecule has 0 aliphatic carbocycles. The maximum Gasteiger partial charge on any atom is 0.344 e. The first-order valence-electron chi connectivity index (χ1n) is 6.35. The molecule has 1 unspecified atom stereocenters. The molecule has 0 aromatic heterocycles. The van der Waals surface area contributed by atoms with Crippen molar-refractivity contribution < 1.29 is 19.1 Å². The number of fused-ring (bicyclic) bond motifs is 1. The second-order valence-electron chi connectivity index (χ2n) is 5.59. The fourth-order valence-corrected chi connectivity index (χ4v) is 2.02. The summed E-state index contributed by atoms with van der Waals surface area (Å²) in [6.07, 6.45) is 0. The quantitative estimate of drug-likeness (QED) is 0.607. The molecule has 2 amide bonds. The zero-order valence-corrected chi connectivity index (χ0v) is 11.9. The number of esters is 1. The molecule has 1 aliphatic rings. The normalized spacial score (nSPS) is 15.4. The highest BCUT2D eigenvalue weighted by molar-refractivity contribution is 6.23. The zero-order valence-electron chi connectivity index (χ0n) is 11.9. The van der Waals surface area contributed by atoms with Gasteiger partial charge < -0.3 is 4.74 Å². The summed E-state index contributed by atoms with van der Waals surface area (Å²) in [5.41, 5.74) is -0.442. The van der Waals surface area contributed by atoms with Gasteiger partial charge in [-0.2, -0.15) is 5.26 Å². The first kappa shape index (κ1) is 14.7. The summed E-state index contributed by atoms with van der Waals surface area (Å²) in [4.78, 5) is 37.1. The minimum Gasteiger partial charge on any atom is -0.458 e. The van der Waals surface area contributed by atoms with Gasteiger partial charge in [-0.15, -0.1) is 0 Å². The number of benzene rings is 1. The van der Waals surface area contributed by atoms with Crippen molar-refractivity contribution in [3.05, 3.63) is 35.4 Å². The second kappa shape index (κ2) is 5.02. The Bertz CT molecular complexity index is 632. The highest BCUT2D eigenvalue weighted by atomic mass is 16.6. The molecule has 108 valence electrons. The molecular weight excluding hydrogens is 272 g/mol. The molecule has 0 spiro atoms. The molecule has 0 radical (unpaired) electrons. The fourth-order valence-electron chi connectivity index (χ4n) is 2.02. The van der Waals surface area contributed by atoms with Gasteiger partial charge in [0.1, 0.15) is 11.7 Å². The number of imide groups is 1. The van der Waals surface area contributed by atoms with E-state index in [1.54, 1.807) is 39.0 Å². The smallest absolute Gasteiger partial charge is 0.344 e. The Morgan fingerprint density at radius 1 is 1.19 bits per heavy atom. The summed E-state index contributed by atoms with van der Waals surface area (Å²) in [6.45, 7) is 4.92. The SMILES string of the molecule is CC(C)(C)OC(=O)C(C#N)N1C(=O)c2ccccc2C1=O. The average Bonchev–Trinajstić information content (AvgIpc) is 2.64.